The molecule has 4 rings (SSSR count). The molecule has 2 aliphatic heterocycles. The van der Waals surface area contributed by atoms with E-state index in [4.69, 9.17) is 9.31 Å². The number of aromatic nitrogens is 1. The Morgan fingerprint density at radius 2 is 1.78 bits per heavy atom. The van der Waals surface area contributed by atoms with Crippen molar-refractivity contribution in [1.82, 2.24) is 9.88 Å². The third-order valence-corrected chi connectivity index (χ3v) is 5.87. The molecule has 0 unspecified atom stereocenters. The number of anilines is 1. The fourth-order valence-electron chi connectivity index (χ4n) is 3.51. The number of carbonyl (C=O) groups excluding carboxylic acids is 2. The van der Waals surface area contributed by atoms with Crippen molar-refractivity contribution in [3.8, 4) is 0 Å². The molecule has 0 saturated carbocycles. The molecular weight excluding hydrogens is 345 g/mol. The van der Waals surface area contributed by atoms with E-state index in [0.717, 1.165) is 22.1 Å². The molecule has 1 aromatic heterocycles. The molecule has 0 atom stereocenters. The van der Waals surface area contributed by atoms with Gasteiger partial charge in [-0.3, -0.25) is 15.0 Å². The first-order valence-electron chi connectivity index (χ1n) is 9.15. The van der Waals surface area contributed by atoms with Crippen molar-refractivity contribution in [2.24, 2.45) is 7.05 Å². The molecule has 0 bridgehead atoms. The van der Waals surface area contributed by atoms with Gasteiger partial charge in [-0.25, -0.2) is 4.79 Å². The van der Waals surface area contributed by atoms with Gasteiger partial charge in [-0.15, -0.1) is 0 Å². The van der Waals surface area contributed by atoms with Crippen LogP contribution >= 0.6 is 0 Å². The van der Waals surface area contributed by atoms with E-state index in [2.05, 4.69) is 5.32 Å². The number of imide groups is 1. The Balaban J connectivity index is 1.81. The third-order valence-electron chi connectivity index (χ3n) is 5.87. The van der Waals surface area contributed by atoms with Gasteiger partial charge < -0.3 is 13.9 Å². The monoisotopic (exact) mass is 369 g/mol. The van der Waals surface area contributed by atoms with Gasteiger partial charge in [-0.1, -0.05) is 0 Å². The topological polar surface area (TPSA) is 72.8 Å². The number of aryl methyl sites for hydroxylation is 1. The van der Waals surface area contributed by atoms with Gasteiger partial charge in [0.2, 0.25) is 5.91 Å². The summed E-state index contributed by atoms with van der Waals surface area (Å²) in [6.45, 7) is 8.40. The molecule has 2 aromatic rings. The highest BCUT2D eigenvalue weighted by molar-refractivity contribution is 6.62. The van der Waals surface area contributed by atoms with E-state index in [-0.39, 0.29) is 12.3 Å². The van der Waals surface area contributed by atoms with Crippen LogP contribution in [0, 0.1) is 0 Å². The number of benzene rings is 1. The first-order chi connectivity index (χ1) is 12.6. The van der Waals surface area contributed by atoms with Crippen LogP contribution in [0.1, 0.15) is 34.1 Å². The van der Waals surface area contributed by atoms with Crippen LogP contribution in [-0.4, -0.2) is 41.4 Å². The van der Waals surface area contributed by atoms with Gasteiger partial charge in [-0.2, -0.15) is 0 Å². The lowest BCUT2D eigenvalue weighted by Crippen LogP contribution is -2.50. The van der Waals surface area contributed by atoms with Gasteiger partial charge in [0.05, 0.1) is 16.9 Å². The average molecular weight is 369 g/mol. The van der Waals surface area contributed by atoms with Crippen molar-refractivity contribution >= 4 is 41.1 Å². The number of amides is 3. The number of fused-ring (bicyclic) bond motifs is 1. The summed E-state index contributed by atoms with van der Waals surface area (Å²) >= 11 is 0. The fourth-order valence-corrected chi connectivity index (χ4v) is 3.51. The van der Waals surface area contributed by atoms with E-state index in [1.807, 2.05) is 63.7 Å². The summed E-state index contributed by atoms with van der Waals surface area (Å²) in [5, 5.41) is 3.34. The fraction of sp³-hybridized carbons (Fsp3) is 0.474. The summed E-state index contributed by atoms with van der Waals surface area (Å²) in [5.74, 6) is -0.248. The molecule has 0 spiro atoms. The second kappa shape index (κ2) is 5.84. The van der Waals surface area contributed by atoms with E-state index < -0.39 is 24.4 Å². The number of carbonyl (C=O) groups is 2. The van der Waals surface area contributed by atoms with Gasteiger partial charge >= 0.3 is 13.1 Å². The zero-order valence-corrected chi connectivity index (χ0v) is 16.3. The first kappa shape index (κ1) is 18.1. The largest absolute Gasteiger partial charge is 0.494 e. The molecule has 8 heteroatoms. The molecule has 1 aromatic carbocycles. The Labute approximate surface area is 158 Å². The molecule has 3 heterocycles. The number of nitrogens with one attached hydrogen (secondary N) is 1. The number of rotatable bonds is 2. The van der Waals surface area contributed by atoms with Crippen LogP contribution in [0.25, 0.3) is 10.9 Å². The van der Waals surface area contributed by atoms with Crippen molar-refractivity contribution in [1.29, 1.82) is 0 Å². The maximum atomic E-state index is 12.4. The normalized spacial score (nSPS) is 21.8. The molecule has 7 nitrogen and oxygen atoms in total. The van der Waals surface area contributed by atoms with Gasteiger partial charge in [0.15, 0.2) is 0 Å². The van der Waals surface area contributed by atoms with Crippen LogP contribution < -0.4 is 15.7 Å². The number of hydrogen-bond donors (Lipinski definition) is 1. The first-order valence-corrected chi connectivity index (χ1v) is 9.15. The van der Waals surface area contributed by atoms with Crippen molar-refractivity contribution in [3.63, 3.8) is 0 Å². The zero-order chi connectivity index (χ0) is 19.6. The number of nitrogens with zero attached hydrogens (tertiary/aromatic N) is 2. The highest BCUT2D eigenvalue weighted by Gasteiger charge is 2.52. The van der Waals surface area contributed by atoms with Crippen LogP contribution in [0.5, 0.6) is 0 Å². The highest BCUT2D eigenvalue weighted by Crippen LogP contribution is 2.37. The molecule has 0 aliphatic carbocycles. The summed E-state index contributed by atoms with van der Waals surface area (Å²) in [6.07, 6.45) is 2.23. The second-order valence-electron chi connectivity index (χ2n) is 8.24. The predicted octanol–water partition coefficient (Wildman–Crippen LogP) is 1.92. The van der Waals surface area contributed by atoms with E-state index in [1.54, 1.807) is 4.90 Å². The molecular formula is C19H24BN3O4. The number of hydrogen-bond acceptors (Lipinski definition) is 4. The van der Waals surface area contributed by atoms with Crippen molar-refractivity contribution in [2.45, 2.75) is 45.3 Å². The number of urea groups is 1. The van der Waals surface area contributed by atoms with E-state index in [1.165, 1.54) is 0 Å². The van der Waals surface area contributed by atoms with Crippen LogP contribution in [0.4, 0.5) is 10.5 Å². The predicted molar refractivity (Wildman–Crippen MR) is 104 cm³/mol. The smallest absolute Gasteiger partial charge is 0.399 e. The molecule has 2 fully saturated rings. The minimum atomic E-state index is -0.525. The van der Waals surface area contributed by atoms with Crippen molar-refractivity contribution in [3.05, 3.63) is 24.4 Å². The Bertz CT molecular complexity index is 934. The minimum Gasteiger partial charge on any atom is -0.399 e. The van der Waals surface area contributed by atoms with E-state index >= 15 is 0 Å². The lowest BCUT2D eigenvalue weighted by molar-refractivity contribution is -0.120. The van der Waals surface area contributed by atoms with Crippen molar-refractivity contribution in [2.75, 3.05) is 11.4 Å². The standard InChI is InChI=1S/C19H24BN3O4/c1-18(2)19(3,4)27-20(26-18)12-10-14-13(6-8-22(14)5)15(11-12)23-9-7-16(24)21-17(23)25/h6,8,10-11H,7,9H2,1-5H3,(H,21,24,25). The van der Waals surface area contributed by atoms with Crippen LogP contribution in [0.15, 0.2) is 24.4 Å². The SMILES string of the molecule is Cn1ccc2c(N3CCC(=O)NC3=O)cc(B3OC(C)(C)C(C)(C)O3)cc21. The third kappa shape index (κ3) is 2.83. The summed E-state index contributed by atoms with van der Waals surface area (Å²) in [5.41, 5.74) is 1.68. The van der Waals surface area contributed by atoms with Gasteiger partial charge in [0.25, 0.3) is 0 Å². The van der Waals surface area contributed by atoms with E-state index in [0.29, 0.717) is 6.54 Å². The Kier molecular flexibility index (Phi) is 3.91. The molecule has 1 N–H and O–H groups in total. The Hall–Kier alpha value is -2.32. The molecule has 2 aliphatic rings. The average Bonchev–Trinajstić information content (AvgIpc) is 3.04. The highest BCUT2D eigenvalue weighted by atomic mass is 16.7. The summed E-state index contributed by atoms with van der Waals surface area (Å²) in [7, 11) is 1.43. The van der Waals surface area contributed by atoms with Gasteiger partial charge in [0, 0.05) is 37.1 Å². The molecule has 2 saturated heterocycles. The van der Waals surface area contributed by atoms with Crippen LogP contribution in [0.2, 0.25) is 0 Å². The lowest BCUT2D eigenvalue weighted by Gasteiger charge is -2.32. The lowest BCUT2D eigenvalue weighted by atomic mass is 9.78. The second-order valence-corrected chi connectivity index (χ2v) is 8.24. The Morgan fingerprint density at radius 3 is 2.41 bits per heavy atom. The van der Waals surface area contributed by atoms with Crippen molar-refractivity contribution < 1.29 is 18.9 Å². The molecule has 0 radical (unpaired) electrons. The van der Waals surface area contributed by atoms with Gasteiger partial charge in [-0.05, 0) is 51.4 Å². The molecule has 3 amide bonds. The summed E-state index contributed by atoms with van der Waals surface area (Å²) in [4.78, 5) is 25.6. The van der Waals surface area contributed by atoms with Crippen LogP contribution in [0.3, 0.4) is 0 Å². The minimum absolute atomic E-state index is 0.248. The van der Waals surface area contributed by atoms with Gasteiger partial charge in [0.1, 0.15) is 0 Å². The van der Waals surface area contributed by atoms with Crippen LogP contribution in [-0.2, 0) is 21.2 Å². The Morgan fingerprint density at radius 1 is 1.11 bits per heavy atom. The molecule has 142 valence electrons. The quantitative estimate of drug-likeness (QED) is 0.821. The summed E-state index contributed by atoms with van der Waals surface area (Å²) < 4.78 is 14.4. The van der Waals surface area contributed by atoms with E-state index in [9.17, 15) is 9.59 Å². The maximum absolute atomic E-state index is 12.4. The summed E-state index contributed by atoms with van der Waals surface area (Å²) in [6, 6.07) is 5.54. The zero-order valence-electron chi connectivity index (χ0n) is 16.3. The maximum Gasteiger partial charge on any atom is 0.494 e. The molecule has 27 heavy (non-hydrogen) atoms.